The van der Waals surface area contributed by atoms with Crippen molar-refractivity contribution in [3.63, 3.8) is 0 Å². The number of benzene rings is 1. The van der Waals surface area contributed by atoms with Gasteiger partial charge in [0.2, 0.25) is 6.79 Å². The minimum atomic E-state index is 0.0912. The first-order valence-electron chi connectivity index (χ1n) is 5.38. The number of hydrogen-bond donors (Lipinski definition) is 0. The highest BCUT2D eigenvalue weighted by atomic mass is 79.9. The number of fused-ring (bicyclic) bond motifs is 1. The van der Waals surface area contributed by atoms with E-state index in [1.165, 1.54) is 0 Å². The summed E-state index contributed by atoms with van der Waals surface area (Å²) in [6.45, 7) is 3.13. The number of hydrogen-bond acceptors (Lipinski definition) is 3. The molecule has 0 bridgehead atoms. The third-order valence-electron chi connectivity index (χ3n) is 2.51. The van der Waals surface area contributed by atoms with E-state index in [0.717, 1.165) is 35.4 Å². The van der Waals surface area contributed by atoms with Gasteiger partial charge < -0.3 is 14.2 Å². The number of rotatable bonds is 5. The smallest absolute Gasteiger partial charge is 0.231 e. The molecular formula is C12H15BrO3. The maximum Gasteiger partial charge on any atom is 0.231 e. The molecule has 0 aliphatic carbocycles. The third kappa shape index (κ3) is 2.68. The van der Waals surface area contributed by atoms with Crippen LogP contribution in [-0.4, -0.2) is 18.7 Å². The standard InChI is InChI=1S/C12H15BrO3/c1-9(14-6-2-5-13)10-3-4-11-12(7-10)16-8-15-11/h3-4,7,9H,2,5-6,8H2,1H3. The zero-order valence-electron chi connectivity index (χ0n) is 9.24. The summed E-state index contributed by atoms with van der Waals surface area (Å²) in [7, 11) is 0. The maximum atomic E-state index is 5.70. The van der Waals surface area contributed by atoms with Crippen molar-refractivity contribution in [3.8, 4) is 11.5 Å². The Balaban J connectivity index is 1.98. The molecule has 16 heavy (non-hydrogen) atoms. The molecule has 1 aromatic rings. The first kappa shape index (κ1) is 11.7. The molecule has 0 amide bonds. The van der Waals surface area contributed by atoms with Gasteiger partial charge in [0, 0.05) is 11.9 Å². The Hall–Kier alpha value is -0.740. The number of ether oxygens (including phenoxy) is 3. The van der Waals surface area contributed by atoms with Crippen LogP contribution < -0.4 is 9.47 Å². The summed E-state index contributed by atoms with van der Waals surface area (Å²) in [5.74, 6) is 1.63. The van der Waals surface area contributed by atoms with Gasteiger partial charge in [0.15, 0.2) is 11.5 Å². The highest BCUT2D eigenvalue weighted by molar-refractivity contribution is 9.09. The minimum absolute atomic E-state index is 0.0912. The molecule has 1 atom stereocenters. The first-order valence-corrected chi connectivity index (χ1v) is 6.50. The van der Waals surface area contributed by atoms with E-state index in [4.69, 9.17) is 14.2 Å². The summed E-state index contributed by atoms with van der Waals surface area (Å²) in [6.07, 6.45) is 1.11. The predicted octanol–water partition coefficient (Wildman–Crippen LogP) is 3.28. The Morgan fingerprint density at radius 3 is 3.00 bits per heavy atom. The summed E-state index contributed by atoms with van der Waals surface area (Å²) in [6, 6.07) is 5.94. The molecule has 1 unspecified atom stereocenters. The number of alkyl halides is 1. The number of halogens is 1. The third-order valence-corrected chi connectivity index (χ3v) is 3.07. The van der Waals surface area contributed by atoms with Gasteiger partial charge in [0.1, 0.15) is 0 Å². The first-order chi connectivity index (χ1) is 7.81. The largest absolute Gasteiger partial charge is 0.454 e. The summed E-state index contributed by atoms with van der Waals surface area (Å²) < 4.78 is 16.3. The van der Waals surface area contributed by atoms with Gasteiger partial charge in [-0.2, -0.15) is 0 Å². The Labute approximate surface area is 104 Å². The highest BCUT2D eigenvalue weighted by Gasteiger charge is 2.15. The van der Waals surface area contributed by atoms with E-state index in [-0.39, 0.29) is 6.10 Å². The van der Waals surface area contributed by atoms with E-state index in [1.807, 2.05) is 25.1 Å². The van der Waals surface area contributed by atoms with Crippen molar-refractivity contribution < 1.29 is 14.2 Å². The molecule has 0 radical (unpaired) electrons. The fourth-order valence-corrected chi connectivity index (χ4v) is 1.81. The van der Waals surface area contributed by atoms with Gasteiger partial charge in [-0.25, -0.2) is 0 Å². The molecule has 1 aliphatic rings. The summed E-state index contributed by atoms with van der Waals surface area (Å²) in [5.41, 5.74) is 1.12. The molecule has 0 aromatic heterocycles. The van der Waals surface area contributed by atoms with Gasteiger partial charge >= 0.3 is 0 Å². The molecule has 0 saturated heterocycles. The highest BCUT2D eigenvalue weighted by Crippen LogP contribution is 2.34. The molecule has 0 saturated carbocycles. The van der Waals surface area contributed by atoms with Gasteiger partial charge in [-0.1, -0.05) is 22.0 Å². The molecule has 2 rings (SSSR count). The topological polar surface area (TPSA) is 27.7 Å². The second-order valence-electron chi connectivity index (χ2n) is 3.67. The molecule has 3 nitrogen and oxygen atoms in total. The SMILES string of the molecule is CC(OCCCBr)c1ccc2c(c1)OCO2. The maximum absolute atomic E-state index is 5.70. The zero-order chi connectivity index (χ0) is 11.4. The quantitative estimate of drug-likeness (QED) is 0.614. The lowest BCUT2D eigenvalue weighted by molar-refractivity contribution is 0.0668. The van der Waals surface area contributed by atoms with E-state index < -0.39 is 0 Å². The molecule has 4 heteroatoms. The van der Waals surface area contributed by atoms with Crippen LogP contribution in [0.2, 0.25) is 0 Å². The Kier molecular flexibility index (Phi) is 4.07. The molecule has 0 fully saturated rings. The lowest BCUT2D eigenvalue weighted by Crippen LogP contribution is -2.02. The summed E-state index contributed by atoms with van der Waals surface area (Å²) in [4.78, 5) is 0. The molecule has 0 spiro atoms. The van der Waals surface area contributed by atoms with Crippen LogP contribution >= 0.6 is 15.9 Å². The lowest BCUT2D eigenvalue weighted by Gasteiger charge is -2.13. The fourth-order valence-electron chi connectivity index (χ4n) is 1.58. The fraction of sp³-hybridized carbons (Fsp3) is 0.500. The van der Waals surface area contributed by atoms with Gasteiger partial charge in [-0.05, 0) is 31.0 Å². The van der Waals surface area contributed by atoms with Crippen molar-refractivity contribution in [2.24, 2.45) is 0 Å². The second kappa shape index (κ2) is 5.55. The van der Waals surface area contributed by atoms with Gasteiger partial charge in [-0.3, -0.25) is 0 Å². The molecule has 1 aromatic carbocycles. The van der Waals surface area contributed by atoms with E-state index in [0.29, 0.717) is 6.79 Å². The molecule has 1 heterocycles. The van der Waals surface area contributed by atoms with E-state index >= 15 is 0 Å². The van der Waals surface area contributed by atoms with Crippen LogP contribution in [0.3, 0.4) is 0 Å². The van der Waals surface area contributed by atoms with Crippen LogP contribution in [0.25, 0.3) is 0 Å². The van der Waals surface area contributed by atoms with Crippen molar-refractivity contribution in [1.82, 2.24) is 0 Å². The van der Waals surface area contributed by atoms with Crippen molar-refractivity contribution in [2.45, 2.75) is 19.4 Å². The van der Waals surface area contributed by atoms with Crippen molar-refractivity contribution >= 4 is 15.9 Å². The Morgan fingerprint density at radius 2 is 2.19 bits per heavy atom. The Bertz CT molecular complexity index is 354. The van der Waals surface area contributed by atoms with E-state index in [9.17, 15) is 0 Å². The second-order valence-corrected chi connectivity index (χ2v) is 4.46. The summed E-state index contributed by atoms with van der Waals surface area (Å²) in [5, 5.41) is 0.973. The van der Waals surface area contributed by atoms with E-state index in [2.05, 4.69) is 15.9 Å². The average Bonchev–Trinajstić information content (AvgIpc) is 2.76. The van der Waals surface area contributed by atoms with Gasteiger partial charge in [0.05, 0.1) is 6.10 Å². The average molecular weight is 287 g/mol. The van der Waals surface area contributed by atoms with Crippen LogP contribution in [0, 0.1) is 0 Å². The van der Waals surface area contributed by atoms with Gasteiger partial charge in [-0.15, -0.1) is 0 Å². The van der Waals surface area contributed by atoms with E-state index in [1.54, 1.807) is 0 Å². The zero-order valence-corrected chi connectivity index (χ0v) is 10.8. The van der Waals surface area contributed by atoms with Gasteiger partial charge in [0.25, 0.3) is 0 Å². The molecule has 0 N–H and O–H groups in total. The van der Waals surface area contributed by atoms with Crippen molar-refractivity contribution in [1.29, 1.82) is 0 Å². The monoisotopic (exact) mass is 286 g/mol. The molecule has 1 aliphatic heterocycles. The van der Waals surface area contributed by atoms with Crippen molar-refractivity contribution in [3.05, 3.63) is 23.8 Å². The normalized spacial score (nSPS) is 15.1. The molecular weight excluding hydrogens is 272 g/mol. The van der Waals surface area contributed by atoms with Crippen LogP contribution in [0.15, 0.2) is 18.2 Å². The van der Waals surface area contributed by atoms with Crippen LogP contribution in [-0.2, 0) is 4.74 Å². The minimum Gasteiger partial charge on any atom is -0.454 e. The Morgan fingerprint density at radius 1 is 1.38 bits per heavy atom. The van der Waals surface area contributed by atoms with Crippen LogP contribution in [0.4, 0.5) is 0 Å². The molecule has 88 valence electrons. The van der Waals surface area contributed by atoms with Crippen molar-refractivity contribution in [2.75, 3.05) is 18.7 Å². The van der Waals surface area contributed by atoms with Crippen LogP contribution in [0.5, 0.6) is 11.5 Å². The van der Waals surface area contributed by atoms with Crippen LogP contribution in [0.1, 0.15) is 25.0 Å². The lowest BCUT2D eigenvalue weighted by atomic mass is 10.1. The predicted molar refractivity (Wildman–Crippen MR) is 65.3 cm³/mol. The summed E-state index contributed by atoms with van der Waals surface area (Å²) >= 11 is 3.38.